The number of ether oxygens (including phenoxy) is 1. The van der Waals surface area contributed by atoms with Gasteiger partial charge in [0.25, 0.3) is 0 Å². The second-order valence-corrected chi connectivity index (χ2v) is 6.94. The number of amides is 1. The molecule has 0 radical (unpaired) electrons. The van der Waals surface area contributed by atoms with Crippen LogP contribution in [-0.2, 0) is 14.3 Å². The lowest BCUT2D eigenvalue weighted by Gasteiger charge is -2.38. The molecule has 2 aliphatic rings. The molecule has 22 heavy (non-hydrogen) atoms. The molecule has 1 atom stereocenters. The molecule has 2 rings (SSSR count). The van der Waals surface area contributed by atoms with Crippen molar-refractivity contribution in [3.63, 3.8) is 0 Å². The van der Waals surface area contributed by atoms with Crippen molar-refractivity contribution >= 4 is 11.9 Å². The minimum Gasteiger partial charge on any atom is -0.481 e. The summed E-state index contributed by atoms with van der Waals surface area (Å²) in [5, 5.41) is 12.3. The quantitative estimate of drug-likeness (QED) is 0.758. The lowest BCUT2D eigenvalue weighted by Crippen LogP contribution is -2.54. The van der Waals surface area contributed by atoms with Crippen molar-refractivity contribution in [3.8, 4) is 0 Å². The maximum Gasteiger partial charge on any atom is 0.305 e. The Morgan fingerprint density at radius 3 is 2.45 bits per heavy atom. The van der Waals surface area contributed by atoms with Gasteiger partial charge in [0.2, 0.25) is 5.91 Å². The maximum absolute atomic E-state index is 12.7. The average molecular weight is 311 g/mol. The molecule has 0 spiro atoms. The molecule has 0 bridgehead atoms. The third-order valence-electron chi connectivity index (χ3n) is 5.28. The zero-order chi connectivity index (χ0) is 16.0. The fraction of sp³-hybridized carbons (Fsp3) is 0.882. The van der Waals surface area contributed by atoms with Crippen molar-refractivity contribution < 1.29 is 19.4 Å². The first-order valence-corrected chi connectivity index (χ1v) is 8.66. The summed E-state index contributed by atoms with van der Waals surface area (Å²) in [6.45, 7) is 3.09. The fourth-order valence-electron chi connectivity index (χ4n) is 3.87. The van der Waals surface area contributed by atoms with E-state index in [1.165, 1.54) is 25.7 Å². The summed E-state index contributed by atoms with van der Waals surface area (Å²) in [5.41, 5.74) is -0.621. The second-order valence-electron chi connectivity index (χ2n) is 6.94. The standard InChI is InChI=1S/C17H29NO4/c1-2-14(11-13-5-3-4-6-13)16(21)18-17(12-15(19)20)7-9-22-10-8-17/h13-14H,2-12H2,1H3,(H,18,21)(H,19,20). The first kappa shape index (κ1) is 17.3. The van der Waals surface area contributed by atoms with Crippen molar-refractivity contribution in [2.75, 3.05) is 13.2 Å². The van der Waals surface area contributed by atoms with Crippen molar-refractivity contribution in [1.29, 1.82) is 0 Å². The average Bonchev–Trinajstić information content (AvgIpc) is 2.97. The molecule has 0 aromatic heterocycles. The van der Waals surface area contributed by atoms with Crippen LogP contribution in [0.25, 0.3) is 0 Å². The molecule has 5 heteroatoms. The lowest BCUT2D eigenvalue weighted by molar-refractivity contribution is -0.141. The molecule has 1 heterocycles. The second kappa shape index (κ2) is 7.95. The molecule has 0 aromatic carbocycles. The van der Waals surface area contributed by atoms with Crippen LogP contribution in [0.3, 0.4) is 0 Å². The maximum atomic E-state index is 12.7. The van der Waals surface area contributed by atoms with Gasteiger partial charge in [-0.15, -0.1) is 0 Å². The zero-order valence-electron chi connectivity index (χ0n) is 13.6. The number of aliphatic carboxylic acids is 1. The van der Waals surface area contributed by atoms with Gasteiger partial charge in [-0.2, -0.15) is 0 Å². The largest absolute Gasteiger partial charge is 0.481 e. The van der Waals surface area contributed by atoms with Gasteiger partial charge in [-0.25, -0.2) is 0 Å². The molecule has 5 nitrogen and oxygen atoms in total. The zero-order valence-corrected chi connectivity index (χ0v) is 13.6. The first-order valence-electron chi connectivity index (χ1n) is 8.66. The van der Waals surface area contributed by atoms with Crippen molar-refractivity contribution in [2.24, 2.45) is 11.8 Å². The lowest BCUT2D eigenvalue weighted by atomic mass is 9.84. The Morgan fingerprint density at radius 1 is 1.27 bits per heavy atom. The Hall–Kier alpha value is -1.10. The van der Waals surface area contributed by atoms with Crippen LogP contribution >= 0.6 is 0 Å². The van der Waals surface area contributed by atoms with Crippen molar-refractivity contribution in [2.45, 2.75) is 70.3 Å². The topological polar surface area (TPSA) is 75.6 Å². The summed E-state index contributed by atoms with van der Waals surface area (Å²) in [6.07, 6.45) is 7.96. The van der Waals surface area contributed by atoms with E-state index in [1.54, 1.807) is 0 Å². The van der Waals surface area contributed by atoms with Crippen LogP contribution in [0.4, 0.5) is 0 Å². The molecule has 0 aromatic rings. The SMILES string of the molecule is CCC(CC1CCCC1)C(=O)NC1(CC(=O)O)CCOCC1. The van der Waals surface area contributed by atoms with E-state index in [2.05, 4.69) is 5.32 Å². The summed E-state index contributed by atoms with van der Waals surface area (Å²) in [6, 6.07) is 0. The van der Waals surface area contributed by atoms with E-state index >= 15 is 0 Å². The van der Waals surface area contributed by atoms with Crippen LogP contribution in [0.1, 0.15) is 64.7 Å². The molecule has 1 unspecified atom stereocenters. The summed E-state index contributed by atoms with van der Waals surface area (Å²) in [7, 11) is 0. The van der Waals surface area contributed by atoms with Gasteiger partial charge in [0.1, 0.15) is 0 Å². The summed E-state index contributed by atoms with van der Waals surface area (Å²) in [5.74, 6) is -0.138. The minimum absolute atomic E-state index is 0.0108. The highest BCUT2D eigenvalue weighted by atomic mass is 16.5. The van der Waals surface area contributed by atoms with Gasteiger partial charge in [0.05, 0.1) is 12.0 Å². The predicted octanol–water partition coefficient (Wildman–Crippen LogP) is 2.73. The van der Waals surface area contributed by atoms with E-state index in [-0.39, 0.29) is 18.2 Å². The molecular weight excluding hydrogens is 282 g/mol. The van der Waals surface area contributed by atoms with E-state index in [0.717, 1.165) is 12.8 Å². The summed E-state index contributed by atoms with van der Waals surface area (Å²) < 4.78 is 5.34. The Labute approximate surface area is 132 Å². The number of rotatable bonds is 7. The van der Waals surface area contributed by atoms with E-state index in [9.17, 15) is 14.7 Å². The number of nitrogens with one attached hydrogen (secondary N) is 1. The molecule has 2 N–H and O–H groups in total. The number of carboxylic acids is 1. The molecular formula is C17H29NO4. The van der Waals surface area contributed by atoms with Crippen LogP contribution in [0.2, 0.25) is 0 Å². The van der Waals surface area contributed by atoms with Gasteiger partial charge in [0, 0.05) is 19.1 Å². The third-order valence-corrected chi connectivity index (χ3v) is 5.28. The molecule has 1 aliphatic heterocycles. The van der Waals surface area contributed by atoms with Gasteiger partial charge in [-0.1, -0.05) is 32.6 Å². The Bertz CT molecular complexity index is 384. The van der Waals surface area contributed by atoms with Gasteiger partial charge in [-0.3, -0.25) is 9.59 Å². The van der Waals surface area contributed by atoms with Gasteiger partial charge in [0.15, 0.2) is 0 Å². The number of carboxylic acid groups (broad SMARTS) is 1. The Kier molecular flexibility index (Phi) is 6.24. The number of hydrogen-bond acceptors (Lipinski definition) is 3. The highest BCUT2D eigenvalue weighted by Gasteiger charge is 2.38. The first-order chi connectivity index (χ1) is 10.5. The summed E-state index contributed by atoms with van der Waals surface area (Å²) >= 11 is 0. The van der Waals surface area contributed by atoms with Gasteiger partial charge < -0.3 is 15.2 Å². The van der Waals surface area contributed by atoms with E-state index in [1.807, 2.05) is 6.92 Å². The highest BCUT2D eigenvalue weighted by Crippen LogP contribution is 2.32. The Balaban J connectivity index is 1.96. The molecule has 126 valence electrons. The van der Waals surface area contributed by atoms with Crippen LogP contribution in [0.5, 0.6) is 0 Å². The predicted molar refractivity (Wildman–Crippen MR) is 83.5 cm³/mol. The normalized spacial score (nSPS) is 23.1. The fourth-order valence-corrected chi connectivity index (χ4v) is 3.87. The van der Waals surface area contributed by atoms with Gasteiger partial charge >= 0.3 is 5.97 Å². The molecule has 1 aliphatic carbocycles. The van der Waals surface area contributed by atoms with E-state index < -0.39 is 11.5 Å². The van der Waals surface area contributed by atoms with Crippen LogP contribution in [-0.4, -0.2) is 35.7 Å². The van der Waals surface area contributed by atoms with Crippen LogP contribution in [0.15, 0.2) is 0 Å². The smallest absolute Gasteiger partial charge is 0.305 e. The number of hydrogen-bond donors (Lipinski definition) is 2. The summed E-state index contributed by atoms with van der Waals surface area (Å²) in [4.78, 5) is 23.9. The monoisotopic (exact) mass is 311 g/mol. The molecule has 1 saturated carbocycles. The molecule has 2 fully saturated rings. The van der Waals surface area contributed by atoms with Crippen molar-refractivity contribution in [3.05, 3.63) is 0 Å². The van der Waals surface area contributed by atoms with E-state index in [0.29, 0.717) is 32.0 Å². The highest BCUT2D eigenvalue weighted by molar-refractivity contribution is 5.80. The van der Waals surface area contributed by atoms with Crippen molar-refractivity contribution in [1.82, 2.24) is 5.32 Å². The third kappa shape index (κ3) is 4.70. The van der Waals surface area contributed by atoms with Crippen LogP contribution in [0, 0.1) is 11.8 Å². The molecule has 1 amide bonds. The number of carbonyl (C=O) groups excluding carboxylic acids is 1. The number of carbonyl (C=O) groups is 2. The van der Waals surface area contributed by atoms with Gasteiger partial charge in [-0.05, 0) is 31.6 Å². The van der Waals surface area contributed by atoms with Crippen LogP contribution < -0.4 is 5.32 Å². The molecule has 1 saturated heterocycles. The Morgan fingerprint density at radius 2 is 1.91 bits per heavy atom. The minimum atomic E-state index is -0.856. The van der Waals surface area contributed by atoms with E-state index in [4.69, 9.17) is 4.74 Å².